The van der Waals surface area contributed by atoms with Gasteiger partial charge < -0.3 is 14.6 Å². The van der Waals surface area contributed by atoms with Crippen LogP contribution in [-0.4, -0.2) is 25.3 Å². The number of fused-ring (bicyclic) bond motifs is 1. The lowest BCUT2D eigenvalue weighted by Gasteiger charge is -2.20. The van der Waals surface area contributed by atoms with Crippen LogP contribution in [0.5, 0.6) is 11.5 Å². The first-order chi connectivity index (χ1) is 8.17. The number of aliphatic carboxylic acids is 1. The standard InChI is InChI=1S/C13H14O4/c1-16-11-5-6-12(17-2)10-7-8(13(14)15)3-4-9(10)11/h3-6,8H,7H2,1-2H3,(H,14,15). The predicted molar refractivity (Wildman–Crippen MR) is 63.4 cm³/mol. The minimum absolute atomic E-state index is 0.432. The van der Waals surface area contributed by atoms with E-state index in [0.29, 0.717) is 12.2 Å². The van der Waals surface area contributed by atoms with Crippen LogP contribution in [0.1, 0.15) is 11.1 Å². The molecule has 0 radical (unpaired) electrons. The number of hydrogen-bond acceptors (Lipinski definition) is 3. The molecule has 4 nitrogen and oxygen atoms in total. The van der Waals surface area contributed by atoms with Gasteiger partial charge in [0.15, 0.2) is 0 Å². The molecule has 0 spiro atoms. The number of hydrogen-bond donors (Lipinski definition) is 1. The first-order valence-corrected chi connectivity index (χ1v) is 5.32. The molecule has 17 heavy (non-hydrogen) atoms. The first-order valence-electron chi connectivity index (χ1n) is 5.32. The third-order valence-corrected chi connectivity index (χ3v) is 2.95. The molecule has 0 bridgehead atoms. The van der Waals surface area contributed by atoms with Crippen molar-refractivity contribution in [3.63, 3.8) is 0 Å². The van der Waals surface area contributed by atoms with Crippen molar-refractivity contribution in [1.29, 1.82) is 0 Å². The van der Waals surface area contributed by atoms with Gasteiger partial charge in [0.1, 0.15) is 11.5 Å². The maximum Gasteiger partial charge on any atom is 0.310 e. The molecule has 2 rings (SSSR count). The molecule has 1 unspecified atom stereocenters. The Morgan fingerprint density at radius 3 is 2.53 bits per heavy atom. The Bertz CT molecular complexity index is 477. The molecule has 0 aliphatic heterocycles. The smallest absolute Gasteiger partial charge is 0.310 e. The van der Waals surface area contributed by atoms with E-state index in [1.807, 2.05) is 6.07 Å². The second-order valence-corrected chi connectivity index (χ2v) is 3.87. The lowest BCUT2D eigenvalue weighted by Crippen LogP contribution is -2.17. The molecule has 1 N–H and O–H groups in total. The van der Waals surface area contributed by atoms with Crippen molar-refractivity contribution in [3.05, 3.63) is 29.3 Å². The minimum atomic E-state index is -0.822. The summed E-state index contributed by atoms with van der Waals surface area (Å²) in [5.41, 5.74) is 1.80. The van der Waals surface area contributed by atoms with Crippen LogP contribution in [0.3, 0.4) is 0 Å². The molecular weight excluding hydrogens is 220 g/mol. The first kappa shape index (κ1) is 11.5. The van der Waals surface area contributed by atoms with E-state index in [9.17, 15) is 4.79 Å². The van der Waals surface area contributed by atoms with Gasteiger partial charge in [0, 0.05) is 11.1 Å². The van der Waals surface area contributed by atoms with Gasteiger partial charge in [0.25, 0.3) is 0 Å². The zero-order chi connectivity index (χ0) is 12.4. The molecule has 90 valence electrons. The normalized spacial score (nSPS) is 17.4. The second kappa shape index (κ2) is 4.49. The molecule has 0 aromatic heterocycles. The van der Waals surface area contributed by atoms with Crippen LogP contribution >= 0.6 is 0 Å². The monoisotopic (exact) mass is 234 g/mol. The molecular formula is C13H14O4. The molecule has 1 atom stereocenters. The van der Waals surface area contributed by atoms with E-state index in [1.54, 1.807) is 32.4 Å². The van der Waals surface area contributed by atoms with Crippen LogP contribution in [0.15, 0.2) is 18.2 Å². The van der Waals surface area contributed by atoms with Crippen molar-refractivity contribution < 1.29 is 19.4 Å². The average molecular weight is 234 g/mol. The molecule has 1 aromatic carbocycles. The van der Waals surface area contributed by atoms with Gasteiger partial charge in [0.05, 0.1) is 20.1 Å². The van der Waals surface area contributed by atoms with Gasteiger partial charge in [-0.3, -0.25) is 4.79 Å². The van der Waals surface area contributed by atoms with Crippen LogP contribution in [0.25, 0.3) is 6.08 Å². The van der Waals surface area contributed by atoms with E-state index in [0.717, 1.165) is 16.9 Å². The molecule has 0 saturated carbocycles. The molecule has 1 aliphatic rings. The van der Waals surface area contributed by atoms with Crippen molar-refractivity contribution in [1.82, 2.24) is 0 Å². The summed E-state index contributed by atoms with van der Waals surface area (Å²) >= 11 is 0. The fraction of sp³-hybridized carbons (Fsp3) is 0.308. The highest BCUT2D eigenvalue weighted by Gasteiger charge is 2.24. The van der Waals surface area contributed by atoms with E-state index in [-0.39, 0.29) is 0 Å². The number of benzene rings is 1. The largest absolute Gasteiger partial charge is 0.496 e. The number of methoxy groups -OCH3 is 2. The van der Waals surface area contributed by atoms with E-state index in [1.165, 1.54) is 0 Å². The topological polar surface area (TPSA) is 55.8 Å². The number of rotatable bonds is 3. The van der Waals surface area contributed by atoms with Gasteiger partial charge in [-0.15, -0.1) is 0 Å². The molecule has 4 heteroatoms. The van der Waals surface area contributed by atoms with Gasteiger partial charge >= 0.3 is 5.97 Å². The van der Waals surface area contributed by atoms with Crippen LogP contribution < -0.4 is 9.47 Å². The number of ether oxygens (including phenoxy) is 2. The fourth-order valence-electron chi connectivity index (χ4n) is 2.06. The van der Waals surface area contributed by atoms with Crippen molar-refractivity contribution in [2.75, 3.05) is 14.2 Å². The quantitative estimate of drug-likeness (QED) is 0.868. The Morgan fingerprint density at radius 1 is 1.29 bits per heavy atom. The summed E-state index contributed by atoms with van der Waals surface area (Å²) in [4.78, 5) is 11.0. The maximum absolute atomic E-state index is 11.0. The predicted octanol–water partition coefficient (Wildman–Crippen LogP) is 1.97. The van der Waals surface area contributed by atoms with Gasteiger partial charge in [-0.2, -0.15) is 0 Å². The molecule has 0 heterocycles. The summed E-state index contributed by atoms with van der Waals surface area (Å²) < 4.78 is 10.5. The second-order valence-electron chi connectivity index (χ2n) is 3.87. The highest BCUT2D eigenvalue weighted by molar-refractivity contribution is 5.78. The van der Waals surface area contributed by atoms with Crippen molar-refractivity contribution in [3.8, 4) is 11.5 Å². The average Bonchev–Trinajstić information content (AvgIpc) is 2.36. The van der Waals surface area contributed by atoms with Crippen molar-refractivity contribution in [2.24, 2.45) is 5.92 Å². The van der Waals surface area contributed by atoms with Gasteiger partial charge in [-0.25, -0.2) is 0 Å². The van der Waals surface area contributed by atoms with E-state index in [2.05, 4.69) is 0 Å². The summed E-state index contributed by atoms with van der Waals surface area (Å²) in [7, 11) is 3.18. The van der Waals surface area contributed by atoms with E-state index < -0.39 is 11.9 Å². The zero-order valence-corrected chi connectivity index (χ0v) is 9.77. The third kappa shape index (κ3) is 1.98. The van der Waals surface area contributed by atoms with Gasteiger partial charge in [0.2, 0.25) is 0 Å². The van der Waals surface area contributed by atoms with Crippen LogP contribution in [0.4, 0.5) is 0 Å². The summed E-state index contributed by atoms with van der Waals surface area (Å²) in [6.45, 7) is 0. The number of carbonyl (C=O) groups is 1. The number of carboxylic acid groups (broad SMARTS) is 1. The van der Waals surface area contributed by atoms with Crippen LogP contribution in [0.2, 0.25) is 0 Å². The molecule has 1 aromatic rings. The Labute approximate surface area is 99.5 Å². The van der Waals surface area contributed by atoms with E-state index >= 15 is 0 Å². The zero-order valence-electron chi connectivity index (χ0n) is 9.77. The molecule has 0 saturated heterocycles. The Kier molecular flexibility index (Phi) is 3.04. The Balaban J connectivity index is 2.50. The van der Waals surface area contributed by atoms with Crippen LogP contribution in [0, 0.1) is 5.92 Å². The van der Waals surface area contributed by atoms with Gasteiger partial charge in [-0.1, -0.05) is 12.2 Å². The Hall–Kier alpha value is -1.97. The highest BCUT2D eigenvalue weighted by Crippen LogP contribution is 2.36. The molecule has 0 fully saturated rings. The third-order valence-electron chi connectivity index (χ3n) is 2.95. The summed E-state index contributed by atoms with van der Waals surface area (Å²) in [5.74, 6) is 0.123. The maximum atomic E-state index is 11.0. The van der Waals surface area contributed by atoms with Crippen molar-refractivity contribution in [2.45, 2.75) is 6.42 Å². The summed E-state index contributed by atoms with van der Waals surface area (Å²) in [5, 5.41) is 9.03. The summed E-state index contributed by atoms with van der Waals surface area (Å²) in [6.07, 6.45) is 3.91. The van der Waals surface area contributed by atoms with Crippen LogP contribution in [-0.2, 0) is 11.2 Å². The SMILES string of the molecule is COc1ccc(OC)c2c1C=CC(C(=O)O)C2. The summed E-state index contributed by atoms with van der Waals surface area (Å²) in [6, 6.07) is 3.62. The Morgan fingerprint density at radius 2 is 1.94 bits per heavy atom. The lowest BCUT2D eigenvalue weighted by atomic mass is 9.88. The van der Waals surface area contributed by atoms with Gasteiger partial charge in [-0.05, 0) is 18.6 Å². The van der Waals surface area contributed by atoms with Crippen molar-refractivity contribution >= 4 is 12.0 Å². The fourth-order valence-corrected chi connectivity index (χ4v) is 2.06. The molecule has 0 amide bonds. The van der Waals surface area contributed by atoms with E-state index in [4.69, 9.17) is 14.6 Å². The number of carboxylic acids is 1. The lowest BCUT2D eigenvalue weighted by molar-refractivity contribution is -0.140. The highest BCUT2D eigenvalue weighted by atomic mass is 16.5. The molecule has 1 aliphatic carbocycles. The minimum Gasteiger partial charge on any atom is -0.496 e.